The van der Waals surface area contributed by atoms with Gasteiger partial charge in [0.1, 0.15) is 0 Å². The quantitative estimate of drug-likeness (QED) is 0.648. The van der Waals surface area contributed by atoms with Crippen LogP contribution in [0.4, 0.5) is 18.9 Å². The summed E-state index contributed by atoms with van der Waals surface area (Å²) in [6.07, 6.45) is -2.88. The smallest absolute Gasteiger partial charge is 0.416 e. The predicted molar refractivity (Wildman–Crippen MR) is 99.8 cm³/mol. The fourth-order valence-electron chi connectivity index (χ4n) is 2.76. The van der Waals surface area contributed by atoms with Gasteiger partial charge in [-0.3, -0.25) is 4.79 Å². The fraction of sp³-hybridized carbons (Fsp3) is 0.211. The Labute approximate surface area is 162 Å². The zero-order chi connectivity index (χ0) is 19.8. The van der Waals surface area contributed by atoms with Gasteiger partial charge < -0.3 is 14.8 Å². The second-order valence-electron chi connectivity index (χ2n) is 5.73. The SMILES string of the molecule is CCOc1cc(/C=C2\C(=O)Nc3cc(C(F)(F)F)ccc32)c(Br)cc1OC. The lowest BCUT2D eigenvalue weighted by atomic mass is 10.0. The second kappa shape index (κ2) is 7.26. The molecule has 1 N–H and O–H groups in total. The normalized spacial score (nSPS) is 14.9. The Hall–Kier alpha value is -2.48. The lowest BCUT2D eigenvalue weighted by Gasteiger charge is -2.12. The molecule has 4 nitrogen and oxygen atoms in total. The Morgan fingerprint density at radius 3 is 2.56 bits per heavy atom. The van der Waals surface area contributed by atoms with Gasteiger partial charge in [-0.2, -0.15) is 13.2 Å². The summed E-state index contributed by atoms with van der Waals surface area (Å²) in [7, 11) is 1.52. The van der Waals surface area contributed by atoms with Crippen molar-refractivity contribution in [2.24, 2.45) is 0 Å². The average Bonchev–Trinajstić information content (AvgIpc) is 2.91. The summed E-state index contributed by atoms with van der Waals surface area (Å²) in [5.41, 5.74) is 0.640. The van der Waals surface area contributed by atoms with Crippen LogP contribution in [0.15, 0.2) is 34.8 Å². The molecule has 0 aliphatic carbocycles. The maximum Gasteiger partial charge on any atom is 0.416 e. The molecule has 3 rings (SSSR count). The van der Waals surface area contributed by atoms with Crippen molar-refractivity contribution in [1.82, 2.24) is 0 Å². The van der Waals surface area contributed by atoms with Crippen molar-refractivity contribution < 1.29 is 27.4 Å². The molecule has 2 aromatic rings. The predicted octanol–water partition coefficient (Wildman–Crippen LogP) is 5.37. The fourth-order valence-corrected chi connectivity index (χ4v) is 3.20. The van der Waals surface area contributed by atoms with Crippen molar-refractivity contribution in [1.29, 1.82) is 0 Å². The molecule has 1 heterocycles. The van der Waals surface area contributed by atoms with Gasteiger partial charge in [0.2, 0.25) is 0 Å². The Balaban J connectivity index is 2.07. The number of hydrogen-bond donors (Lipinski definition) is 1. The molecule has 0 atom stereocenters. The van der Waals surface area contributed by atoms with Crippen molar-refractivity contribution in [2.75, 3.05) is 19.0 Å². The number of hydrogen-bond acceptors (Lipinski definition) is 3. The summed E-state index contributed by atoms with van der Waals surface area (Å²) < 4.78 is 50.1. The van der Waals surface area contributed by atoms with Crippen molar-refractivity contribution in [3.8, 4) is 11.5 Å². The van der Waals surface area contributed by atoms with Crippen LogP contribution in [0, 0.1) is 0 Å². The molecule has 1 aliphatic rings. The molecular weight excluding hydrogens is 427 g/mol. The van der Waals surface area contributed by atoms with Crippen molar-refractivity contribution >= 4 is 39.2 Å². The average molecular weight is 442 g/mol. The van der Waals surface area contributed by atoms with Gasteiger partial charge in [-0.05, 0) is 42.8 Å². The van der Waals surface area contributed by atoms with Gasteiger partial charge >= 0.3 is 6.18 Å². The van der Waals surface area contributed by atoms with Gasteiger partial charge in [-0.15, -0.1) is 0 Å². The largest absolute Gasteiger partial charge is 0.493 e. The molecule has 0 fully saturated rings. The van der Waals surface area contributed by atoms with Gasteiger partial charge in [0, 0.05) is 21.3 Å². The van der Waals surface area contributed by atoms with E-state index in [0.717, 1.165) is 12.1 Å². The molecule has 0 aromatic heterocycles. The number of anilines is 1. The van der Waals surface area contributed by atoms with Gasteiger partial charge in [0.25, 0.3) is 5.91 Å². The monoisotopic (exact) mass is 441 g/mol. The van der Waals surface area contributed by atoms with Crippen LogP contribution in [-0.4, -0.2) is 19.6 Å². The summed E-state index contributed by atoms with van der Waals surface area (Å²) in [6, 6.07) is 6.60. The third kappa shape index (κ3) is 3.80. The summed E-state index contributed by atoms with van der Waals surface area (Å²) >= 11 is 3.42. The van der Waals surface area contributed by atoms with Crippen LogP contribution in [0.5, 0.6) is 11.5 Å². The zero-order valence-electron chi connectivity index (χ0n) is 14.4. The number of nitrogens with one attached hydrogen (secondary N) is 1. The first-order valence-electron chi connectivity index (χ1n) is 7.99. The van der Waals surface area contributed by atoms with Crippen molar-refractivity contribution in [3.63, 3.8) is 0 Å². The molecule has 142 valence electrons. The number of fused-ring (bicyclic) bond motifs is 1. The molecule has 1 amide bonds. The van der Waals surface area contributed by atoms with E-state index in [1.54, 1.807) is 18.2 Å². The van der Waals surface area contributed by atoms with Crippen molar-refractivity contribution in [3.05, 3.63) is 51.5 Å². The molecule has 0 unspecified atom stereocenters. The Bertz CT molecular complexity index is 939. The highest BCUT2D eigenvalue weighted by Gasteiger charge is 2.33. The Morgan fingerprint density at radius 1 is 1.19 bits per heavy atom. The minimum atomic E-state index is -4.47. The lowest BCUT2D eigenvalue weighted by molar-refractivity contribution is -0.137. The zero-order valence-corrected chi connectivity index (χ0v) is 16.0. The van der Waals surface area contributed by atoms with Crippen LogP contribution in [0.2, 0.25) is 0 Å². The minimum absolute atomic E-state index is 0.135. The molecule has 0 saturated carbocycles. The van der Waals surface area contributed by atoms with Gasteiger partial charge in [0.05, 0.1) is 19.3 Å². The van der Waals surface area contributed by atoms with Crippen LogP contribution in [0.3, 0.4) is 0 Å². The van der Waals surface area contributed by atoms with E-state index in [9.17, 15) is 18.0 Å². The number of halogens is 4. The van der Waals surface area contributed by atoms with E-state index < -0.39 is 17.6 Å². The first-order chi connectivity index (χ1) is 12.7. The van der Waals surface area contributed by atoms with E-state index in [1.165, 1.54) is 13.2 Å². The number of rotatable bonds is 4. The number of benzene rings is 2. The first-order valence-corrected chi connectivity index (χ1v) is 8.79. The molecule has 0 bridgehead atoms. The molecule has 0 saturated heterocycles. The maximum atomic E-state index is 12.9. The minimum Gasteiger partial charge on any atom is -0.493 e. The third-order valence-electron chi connectivity index (χ3n) is 4.01. The molecule has 27 heavy (non-hydrogen) atoms. The van der Waals surface area contributed by atoms with E-state index >= 15 is 0 Å². The number of ether oxygens (including phenoxy) is 2. The van der Waals surface area contributed by atoms with E-state index in [-0.39, 0.29) is 11.3 Å². The molecular formula is C19H15BrF3NO3. The topological polar surface area (TPSA) is 47.6 Å². The van der Waals surface area contributed by atoms with E-state index in [4.69, 9.17) is 9.47 Å². The van der Waals surface area contributed by atoms with Gasteiger partial charge in [-0.1, -0.05) is 22.0 Å². The number of amides is 1. The summed E-state index contributed by atoms with van der Waals surface area (Å²) in [5.74, 6) is 0.558. The third-order valence-corrected chi connectivity index (χ3v) is 4.70. The molecule has 2 aromatic carbocycles. The van der Waals surface area contributed by atoms with Crippen LogP contribution in [0.25, 0.3) is 11.6 Å². The molecule has 1 aliphatic heterocycles. The second-order valence-corrected chi connectivity index (χ2v) is 6.58. The van der Waals surface area contributed by atoms with Crippen molar-refractivity contribution in [2.45, 2.75) is 13.1 Å². The number of methoxy groups -OCH3 is 1. The number of alkyl halides is 3. The summed E-state index contributed by atoms with van der Waals surface area (Å²) in [5, 5.41) is 2.48. The van der Waals surface area contributed by atoms with E-state index in [0.29, 0.717) is 33.7 Å². The summed E-state index contributed by atoms with van der Waals surface area (Å²) in [6.45, 7) is 2.26. The highest BCUT2D eigenvalue weighted by atomic mass is 79.9. The van der Waals surface area contributed by atoms with Gasteiger partial charge in [0.15, 0.2) is 11.5 Å². The summed E-state index contributed by atoms with van der Waals surface area (Å²) in [4.78, 5) is 12.3. The first kappa shape index (κ1) is 19.3. The van der Waals surface area contributed by atoms with Crippen LogP contribution >= 0.6 is 15.9 Å². The van der Waals surface area contributed by atoms with E-state index in [1.807, 2.05) is 6.92 Å². The molecule has 0 radical (unpaired) electrons. The number of carbonyl (C=O) groups is 1. The van der Waals surface area contributed by atoms with Crippen LogP contribution in [-0.2, 0) is 11.0 Å². The molecule has 8 heteroatoms. The maximum absolute atomic E-state index is 12.9. The van der Waals surface area contributed by atoms with Gasteiger partial charge in [-0.25, -0.2) is 0 Å². The Kier molecular flexibility index (Phi) is 5.19. The highest BCUT2D eigenvalue weighted by Crippen LogP contribution is 2.40. The van der Waals surface area contributed by atoms with Crippen LogP contribution in [0.1, 0.15) is 23.6 Å². The Morgan fingerprint density at radius 2 is 1.93 bits per heavy atom. The molecule has 0 spiro atoms. The van der Waals surface area contributed by atoms with E-state index in [2.05, 4.69) is 21.2 Å². The standard InChI is InChI=1S/C19H15BrF3NO3/c1-3-27-17-7-10(14(20)9-16(17)26-2)6-13-12-5-4-11(19(21,22)23)8-15(12)24-18(13)25/h4-9H,3H2,1-2H3,(H,24,25)/b13-6-. The highest BCUT2D eigenvalue weighted by molar-refractivity contribution is 9.10. The number of carbonyl (C=O) groups excluding carboxylic acids is 1. The van der Waals surface area contributed by atoms with Crippen LogP contribution < -0.4 is 14.8 Å². The lowest BCUT2D eigenvalue weighted by Crippen LogP contribution is -2.06.